The molecule has 0 saturated heterocycles. The Labute approximate surface area is 136 Å². The van der Waals surface area contributed by atoms with Crippen molar-refractivity contribution in [3.63, 3.8) is 0 Å². The summed E-state index contributed by atoms with van der Waals surface area (Å²) in [6.45, 7) is 5.30. The number of hydrogen-bond donors (Lipinski definition) is 1. The summed E-state index contributed by atoms with van der Waals surface area (Å²) in [5.41, 5.74) is 8.04. The number of benzene rings is 1. The Bertz CT molecular complexity index is 679. The van der Waals surface area contributed by atoms with Gasteiger partial charge in [-0.3, -0.25) is 4.79 Å². The molecular weight excluding hydrogens is 290 g/mol. The minimum atomic E-state index is -0.270. The fourth-order valence-electron chi connectivity index (χ4n) is 2.81. The normalized spacial score (nSPS) is 15.6. The van der Waals surface area contributed by atoms with Crippen molar-refractivity contribution in [2.24, 2.45) is 5.73 Å². The molecule has 0 spiro atoms. The molecule has 1 amide bonds. The predicted molar refractivity (Wildman–Crippen MR) is 87.7 cm³/mol. The summed E-state index contributed by atoms with van der Waals surface area (Å²) >= 11 is 0. The third-order valence-electron chi connectivity index (χ3n) is 4.21. The first-order valence-electron chi connectivity index (χ1n) is 8.11. The zero-order chi connectivity index (χ0) is 16.4. The van der Waals surface area contributed by atoms with Crippen LogP contribution in [0.15, 0.2) is 34.7 Å². The number of carbonyl (C=O) groups is 1. The molecule has 0 saturated carbocycles. The zero-order valence-electron chi connectivity index (χ0n) is 13.7. The summed E-state index contributed by atoms with van der Waals surface area (Å²) in [5, 5.41) is 0. The van der Waals surface area contributed by atoms with E-state index < -0.39 is 0 Å². The molecule has 0 radical (unpaired) electrons. The Kier molecular flexibility index (Phi) is 4.48. The van der Waals surface area contributed by atoms with E-state index in [1.54, 1.807) is 0 Å². The van der Waals surface area contributed by atoms with Crippen molar-refractivity contribution in [1.29, 1.82) is 0 Å². The number of rotatable bonds is 4. The molecule has 2 aromatic rings. The van der Waals surface area contributed by atoms with Crippen LogP contribution in [0.25, 0.3) is 0 Å². The highest BCUT2D eigenvalue weighted by atomic mass is 16.4. The highest BCUT2D eigenvalue weighted by molar-refractivity contribution is 5.77. The first-order valence-corrected chi connectivity index (χ1v) is 8.11. The van der Waals surface area contributed by atoms with E-state index in [-0.39, 0.29) is 17.9 Å². The van der Waals surface area contributed by atoms with E-state index in [0.717, 1.165) is 29.3 Å². The first-order chi connectivity index (χ1) is 11.0. The van der Waals surface area contributed by atoms with Crippen LogP contribution < -0.4 is 5.73 Å². The van der Waals surface area contributed by atoms with Gasteiger partial charge in [-0.05, 0) is 5.56 Å². The Balaban J connectivity index is 1.65. The maximum atomic E-state index is 12.5. The molecule has 122 valence electrons. The van der Waals surface area contributed by atoms with Gasteiger partial charge < -0.3 is 15.1 Å². The molecule has 23 heavy (non-hydrogen) atoms. The van der Waals surface area contributed by atoms with E-state index in [0.29, 0.717) is 19.5 Å². The fourth-order valence-corrected chi connectivity index (χ4v) is 2.81. The van der Waals surface area contributed by atoms with Crippen molar-refractivity contribution in [3.8, 4) is 0 Å². The second kappa shape index (κ2) is 6.54. The van der Waals surface area contributed by atoms with Crippen molar-refractivity contribution in [3.05, 3.63) is 53.2 Å². The van der Waals surface area contributed by atoms with Gasteiger partial charge in [0, 0.05) is 31.3 Å². The van der Waals surface area contributed by atoms with Gasteiger partial charge in [-0.15, -0.1) is 0 Å². The number of nitrogens with two attached hydrogens (primary N) is 1. The minimum absolute atomic E-state index is 0.0705. The number of amides is 1. The molecule has 1 aromatic heterocycles. The van der Waals surface area contributed by atoms with Crippen LogP contribution in [-0.4, -0.2) is 22.3 Å². The number of fused-ring (bicyclic) bond motifs is 1. The summed E-state index contributed by atoms with van der Waals surface area (Å²) in [4.78, 5) is 18.9. The molecule has 1 aromatic carbocycles. The van der Waals surface area contributed by atoms with Gasteiger partial charge in [-0.25, -0.2) is 4.98 Å². The highest BCUT2D eigenvalue weighted by Crippen LogP contribution is 2.25. The summed E-state index contributed by atoms with van der Waals surface area (Å²) in [6, 6.07) is 9.47. The molecule has 0 aliphatic carbocycles. The number of oxazole rings is 1. The lowest BCUT2D eigenvalue weighted by Gasteiger charge is -2.26. The first kappa shape index (κ1) is 15.7. The van der Waals surface area contributed by atoms with Gasteiger partial charge in [-0.2, -0.15) is 0 Å². The lowest BCUT2D eigenvalue weighted by atomic mass is 10.0. The Hall–Kier alpha value is -2.14. The van der Waals surface area contributed by atoms with Crippen LogP contribution in [0, 0.1) is 0 Å². The lowest BCUT2D eigenvalue weighted by Crippen LogP contribution is -2.37. The highest BCUT2D eigenvalue weighted by Gasteiger charge is 2.27. The van der Waals surface area contributed by atoms with Crippen molar-refractivity contribution < 1.29 is 9.21 Å². The maximum Gasteiger partial charge on any atom is 0.224 e. The molecule has 1 aliphatic rings. The summed E-state index contributed by atoms with van der Waals surface area (Å²) in [6.07, 6.45) is 1.04. The molecule has 2 N–H and O–H groups in total. The standard InChI is InChI=1S/C18H23N3O2/c1-12(2)18-20-15-11-21(9-8-16(15)23-18)17(22)10-14(19)13-6-4-3-5-7-13/h3-7,12,14H,8-11,19H2,1-2H3. The van der Waals surface area contributed by atoms with E-state index >= 15 is 0 Å². The molecule has 2 heterocycles. The molecule has 1 unspecified atom stereocenters. The van der Waals surface area contributed by atoms with Gasteiger partial charge in [0.25, 0.3) is 0 Å². The summed E-state index contributed by atoms with van der Waals surface area (Å²) < 4.78 is 5.77. The summed E-state index contributed by atoms with van der Waals surface area (Å²) in [5.74, 6) is 2.01. The predicted octanol–water partition coefficient (Wildman–Crippen LogP) is 2.77. The van der Waals surface area contributed by atoms with Gasteiger partial charge in [0.15, 0.2) is 5.89 Å². The third kappa shape index (κ3) is 3.45. The Morgan fingerprint density at radius 1 is 1.35 bits per heavy atom. The molecule has 5 nitrogen and oxygen atoms in total. The van der Waals surface area contributed by atoms with Gasteiger partial charge in [0.05, 0.1) is 6.54 Å². The second-order valence-electron chi connectivity index (χ2n) is 6.36. The fraction of sp³-hybridized carbons (Fsp3) is 0.444. The van der Waals surface area contributed by atoms with Crippen LogP contribution in [0.5, 0.6) is 0 Å². The molecule has 0 bridgehead atoms. The van der Waals surface area contributed by atoms with Gasteiger partial charge in [0.2, 0.25) is 5.91 Å². The van der Waals surface area contributed by atoms with Crippen LogP contribution >= 0.6 is 0 Å². The van der Waals surface area contributed by atoms with Crippen LogP contribution in [-0.2, 0) is 17.8 Å². The minimum Gasteiger partial charge on any atom is -0.445 e. The molecular formula is C18H23N3O2. The Morgan fingerprint density at radius 3 is 2.78 bits per heavy atom. The van der Waals surface area contributed by atoms with Gasteiger partial charge in [-0.1, -0.05) is 44.2 Å². The van der Waals surface area contributed by atoms with Crippen molar-refractivity contribution in [2.45, 2.75) is 45.2 Å². The number of aromatic nitrogens is 1. The van der Waals surface area contributed by atoms with Crippen LogP contribution in [0.2, 0.25) is 0 Å². The maximum absolute atomic E-state index is 12.5. The lowest BCUT2D eigenvalue weighted by molar-refractivity contribution is -0.132. The SMILES string of the molecule is CC(C)c1nc2c(o1)CCN(C(=O)CC(N)c1ccccc1)C2. The van der Waals surface area contributed by atoms with Crippen molar-refractivity contribution in [1.82, 2.24) is 9.88 Å². The van der Waals surface area contributed by atoms with E-state index in [4.69, 9.17) is 10.2 Å². The van der Waals surface area contributed by atoms with E-state index in [2.05, 4.69) is 18.8 Å². The van der Waals surface area contributed by atoms with Crippen LogP contribution in [0.1, 0.15) is 55.1 Å². The molecule has 1 aliphatic heterocycles. The smallest absolute Gasteiger partial charge is 0.224 e. The molecule has 5 heteroatoms. The average molecular weight is 313 g/mol. The number of hydrogen-bond acceptors (Lipinski definition) is 4. The molecule has 1 atom stereocenters. The van der Waals surface area contributed by atoms with Crippen molar-refractivity contribution >= 4 is 5.91 Å². The largest absolute Gasteiger partial charge is 0.445 e. The zero-order valence-corrected chi connectivity index (χ0v) is 13.7. The van der Waals surface area contributed by atoms with E-state index in [1.807, 2.05) is 35.2 Å². The second-order valence-corrected chi connectivity index (χ2v) is 6.36. The van der Waals surface area contributed by atoms with E-state index in [9.17, 15) is 4.79 Å². The van der Waals surface area contributed by atoms with Crippen LogP contribution in [0.4, 0.5) is 0 Å². The van der Waals surface area contributed by atoms with E-state index in [1.165, 1.54) is 0 Å². The van der Waals surface area contributed by atoms with Gasteiger partial charge >= 0.3 is 0 Å². The molecule has 0 fully saturated rings. The summed E-state index contributed by atoms with van der Waals surface area (Å²) in [7, 11) is 0. The quantitative estimate of drug-likeness (QED) is 0.942. The van der Waals surface area contributed by atoms with Crippen LogP contribution in [0.3, 0.4) is 0 Å². The monoisotopic (exact) mass is 313 g/mol. The topological polar surface area (TPSA) is 72.4 Å². The molecule has 3 rings (SSSR count). The third-order valence-corrected chi connectivity index (χ3v) is 4.21. The number of nitrogens with zero attached hydrogens (tertiary/aromatic N) is 2. The van der Waals surface area contributed by atoms with Crippen molar-refractivity contribution in [2.75, 3.05) is 6.54 Å². The Morgan fingerprint density at radius 2 is 2.09 bits per heavy atom. The average Bonchev–Trinajstić information content (AvgIpc) is 2.99. The van der Waals surface area contributed by atoms with Gasteiger partial charge in [0.1, 0.15) is 11.5 Å². The number of carbonyl (C=O) groups excluding carboxylic acids is 1.